The summed E-state index contributed by atoms with van der Waals surface area (Å²) in [4.78, 5) is 0.229. The number of hydrogen-bond donors (Lipinski definition) is 1. The van der Waals surface area contributed by atoms with Crippen molar-refractivity contribution in [2.75, 3.05) is 5.32 Å². The maximum Gasteiger partial charge on any atom is 0.286 e. The summed E-state index contributed by atoms with van der Waals surface area (Å²) in [5.41, 5.74) is 1.60. The van der Waals surface area contributed by atoms with Gasteiger partial charge in [-0.1, -0.05) is 42.5 Å². The van der Waals surface area contributed by atoms with Crippen LogP contribution < -0.4 is 5.32 Å². The van der Waals surface area contributed by atoms with Gasteiger partial charge in [0.2, 0.25) is 0 Å². The van der Waals surface area contributed by atoms with E-state index in [1.165, 1.54) is 0 Å². The number of nitrogens with one attached hydrogen (secondary N) is 1. The quantitative estimate of drug-likeness (QED) is 0.913. The predicted octanol–water partition coefficient (Wildman–Crippen LogP) is 2.44. The molecule has 0 amide bonds. The molecular weight excluding hydrogens is 260 g/mol. The molecule has 0 atom stereocenters. The molecule has 0 aromatic heterocycles. The van der Waals surface area contributed by atoms with Crippen molar-refractivity contribution >= 4 is 21.5 Å². The summed E-state index contributed by atoms with van der Waals surface area (Å²) in [6.07, 6.45) is 0.467. The van der Waals surface area contributed by atoms with Crippen LogP contribution in [0.5, 0.6) is 0 Å². The molecule has 3 rings (SSSR count). The van der Waals surface area contributed by atoms with Crippen molar-refractivity contribution in [1.29, 1.82) is 0 Å². The summed E-state index contributed by atoms with van der Waals surface area (Å²) in [5.74, 6) is 0.449. The highest BCUT2D eigenvalue weighted by molar-refractivity contribution is 7.90. The van der Waals surface area contributed by atoms with E-state index in [1.54, 1.807) is 24.3 Å². The van der Waals surface area contributed by atoms with Crippen LogP contribution in [0.2, 0.25) is 0 Å². The Morgan fingerprint density at radius 2 is 1.63 bits per heavy atom. The Morgan fingerprint density at radius 3 is 2.42 bits per heavy atom. The largest absolute Gasteiger partial charge is 0.342 e. The average molecular weight is 272 g/mol. The molecule has 19 heavy (non-hydrogen) atoms. The molecule has 5 heteroatoms. The smallest absolute Gasteiger partial charge is 0.286 e. The Labute approximate surface area is 111 Å². The number of anilines is 1. The van der Waals surface area contributed by atoms with E-state index in [4.69, 9.17) is 0 Å². The number of benzene rings is 2. The van der Waals surface area contributed by atoms with Crippen LogP contribution in [-0.2, 0) is 16.4 Å². The van der Waals surface area contributed by atoms with Gasteiger partial charge in [0.1, 0.15) is 10.7 Å². The molecular formula is C14H12N2O2S. The summed E-state index contributed by atoms with van der Waals surface area (Å²) in [7, 11) is -3.59. The number of hydrogen-bond acceptors (Lipinski definition) is 3. The van der Waals surface area contributed by atoms with Crippen LogP contribution in [0.25, 0.3) is 0 Å². The van der Waals surface area contributed by atoms with Crippen molar-refractivity contribution in [2.45, 2.75) is 11.3 Å². The highest BCUT2D eigenvalue weighted by atomic mass is 32.2. The molecule has 0 saturated heterocycles. The number of para-hydroxylation sites is 1. The minimum Gasteiger partial charge on any atom is -0.342 e. The van der Waals surface area contributed by atoms with Gasteiger partial charge in [0, 0.05) is 6.42 Å². The lowest BCUT2D eigenvalue weighted by Gasteiger charge is -2.17. The van der Waals surface area contributed by atoms with E-state index in [0.29, 0.717) is 17.9 Å². The lowest BCUT2D eigenvalue weighted by molar-refractivity contribution is 0.597. The van der Waals surface area contributed by atoms with Crippen molar-refractivity contribution in [3.05, 3.63) is 60.2 Å². The second kappa shape index (κ2) is 4.51. The monoisotopic (exact) mass is 272 g/mol. The third kappa shape index (κ3) is 2.37. The molecule has 0 fully saturated rings. The lowest BCUT2D eigenvalue weighted by atomic mass is 10.1. The molecule has 0 unspecified atom stereocenters. The van der Waals surface area contributed by atoms with Crippen LogP contribution in [0.4, 0.5) is 5.69 Å². The first kappa shape index (κ1) is 11.9. The van der Waals surface area contributed by atoms with Crippen molar-refractivity contribution < 1.29 is 8.42 Å². The first-order valence-corrected chi connectivity index (χ1v) is 7.33. The zero-order valence-corrected chi connectivity index (χ0v) is 10.9. The molecule has 1 aliphatic heterocycles. The molecule has 96 valence electrons. The fraction of sp³-hybridized carbons (Fsp3) is 0.0714. The van der Waals surface area contributed by atoms with Crippen LogP contribution in [0.1, 0.15) is 5.56 Å². The highest BCUT2D eigenvalue weighted by Gasteiger charge is 2.23. The van der Waals surface area contributed by atoms with Gasteiger partial charge >= 0.3 is 0 Å². The maximum atomic E-state index is 12.0. The van der Waals surface area contributed by atoms with E-state index in [0.717, 1.165) is 5.56 Å². The summed E-state index contributed by atoms with van der Waals surface area (Å²) in [6, 6.07) is 16.4. The molecule has 1 heterocycles. The van der Waals surface area contributed by atoms with Crippen molar-refractivity contribution in [2.24, 2.45) is 4.40 Å². The number of fused-ring (bicyclic) bond motifs is 1. The molecule has 0 bridgehead atoms. The second-order valence-electron chi connectivity index (χ2n) is 4.30. The molecule has 2 aromatic rings. The fourth-order valence-corrected chi connectivity index (χ4v) is 3.18. The standard InChI is InChI=1S/C14H12N2O2S/c17-19(18)13-9-5-4-8-12(13)15-14(16-19)10-11-6-2-1-3-7-11/h1-9H,10H2,(H,15,16). The van der Waals surface area contributed by atoms with Crippen LogP contribution in [0, 0.1) is 0 Å². The first-order chi connectivity index (χ1) is 9.15. The summed E-state index contributed by atoms with van der Waals surface area (Å²) >= 11 is 0. The molecule has 1 aliphatic rings. The molecule has 1 N–H and O–H groups in total. The van der Waals surface area contributed by atoms with Crippen molar-refractivity contribution in [3.63, 3.8) is 0 Å². The van der Waals surface area contributed by atoms with E-state index in [-0.39, 0.29) is 4.90 Å². The minimum absolute atomic E-state index is 0.229. The van der Waals surface area contributed by atoms with E-state index in [9.17, 15) is 8.42 Å². The summed E-state index contributed by atoms with van der Waals surface area (Å²) < 4.78 is 27.9. The van der Waals surface area contributed by atoms with Crippen LogP contribution in [0.3, 0.4) is 0 Å². The molecule has 0 aliphatic carbocycles. The highest BCUT2D eigenvalue weighted by Crippen LogP contribution is 2.27. The topological polar surface area (TPSA) is 58.5 Å². The lowest BCUT2D eigenvalue weighted by Crippen LogP contribution is -2.23. The Balaban J connectivity index is 1.97. The number of rotatable bonds is 2. The Hall–Kier alpha value is -2.14. The number of sulfonamides is 1. The molecule has 2 aromatic carbocycles. The van der Waals surface area contributed by atoms with Crippen LogP contribution >= 0.6 is 0 Å². The van der Waals surface area contributed by atoms with Gasteiger partial charge in [-0.15, -0.1) is 4.40 Å². The van der Waals surface area contributed by atoms with E-state index >= 15 is 0 Å². The normalized spacial score (nSPS) is 16.1. The zero-order valence-electron chi connectivity index (χ0n) is 10.1. The third-order valence-electron chi connectivity index (χ3n) is 2.89. The number of amidine groups is 1. The van der Waals surface area contributed by atoms with Gasteiger partial charge in [0.15, 0.2) is 0 Å². The van der Waals surface area contributed by atoms with E-state index < -0.39 is 10.0 Å². The molecule has 4 nitrogen and oxygen atoms in total. The zero-order chi connectivity index (χ0) is 13.3. The third-order valence-corrected chi connectivity index (χ3v) is 4.26. The molecule has 0 spiro atoms. The van der Waals surface area contributed by atoms with E-state index in [2.05, 4.69) is 9.71 Å². The van der Waals surface area contributed by atoms with Gasteiger partial charge < -0.3 is 5.32 Å². The van der Waals surface area contributed by atoms with Gasteiger partial charge in [0.25, 0.3) is 10.0 Å². The van der Waals surface area contributed by atoms with Crippen LogP contribution in [-0.4, -0.2) is 14.3 Å². The fourth-order valence-electron chi connectivity index (χ4n) is 2.03. The van der Waals surface area contributed by atoms with Gasteiger partial charge in [-0.05, 0) is 17.7 Å². The van der Waals surface area contributed by atoms with Gasteiger partial charge in [-0.2, -0.15) is 8.42 Å². The number of nitrogens with zero attached hydrogens (tertiary/aromatic N) is 1. The average Bonchev–Trinajstić information content (AvgIpc) is 2.39. The Bertz CT molecular complexity index is 737. The first-order valence-electron chi connectivity index (χ1n) is 5.89. The second-order valence-corrected chi connectivity index (χ2v) is 5.87. The Morgan fingerprint density at radius 1 is 0.947 bits per heavy atom. The van der Waals surface area contributed by atoms with E-state index in [1.807, 2.05) is 30.3 Å². The van der Waals surface area contributed by atoms with Gasteiger partial charge in [0.05, 0.1) is 5.69 Å². The Kier molecular flexibility index (Phi) is 2.83. The SMILES string of the molecule is O=S1(=O)N=C(Cc2ccccc2)Nc2ccccc21. The van der Waals surface area contributed by atoms with Crippen molar-refractivity contribution in [1.82, 2.24) is 0 Å². The minimum atomic E-state index is -3.59. The summed E-state index contributed by atoms with van der Waals surface area (Å²) in [5, 5.41) is 3.07. The maximum absolute atomic E-state index is 12.0. The van der Waals surface area contributed by atoms with Crippen molar-refractivity contribution in [3.8, 4) is 0 Å². The molecule has 0 radical (unpaired) electrons. The van der Waals surface area contributed by atoms with Gasteiger partial charge in [-0.3, -0.25) is 0 Å². The molecule has 0 saturated carbocycles. The van der Waals surface area contributed by atoms with Crippen LogP contribution in [0.15, 0.2) is 63.9 Å². The van der Waals surface area contributed by atoms with Gasteiger partial charge in [-0.25, -0.2) is 0 Å². The summed E-state index contributed by atoms with van der Waals surface area (Å²) in [6.45, 7) is 0. The predicted molar refractivity (Wildman–Crippen MR) is 74.8 cm³/mol.